The van der Waals surface area contributed by atoms with E-state index in [2.05, 4.69) is 34.9 Å². The highest BCUT2D eigenvalue weighted by atomic mass is 16.5. The lowest BCUT2D eigenvalue weighted by atomic mass is 9.98. The van der Waals surface area contributed by atoms with Crippen molar-refractivity contribution in [2.75, 3.05) is 11.9 Å². The quantitative estimate of drug-likeness (QED) is 0.480. The summed E-state index contributed by atoms with van der Waals surface area (Å²) >= 11 is 0. The topological polar surface area (TPSA) is 105 Å². The maximum absolute atomic E-state index is 12.4. The molecule has 0 aliphatic heterocycles. The molecule has 0 spiro atoms. The molecule has 1 saturated carbocycles. The van der Waals surface area contributed by atoms with Crippen molar-refractivity contribution in [3.05, 3.63) is 89.5 Å². The van der Waals surface area contributed by atoms with Gasteiger partial charge < -0.3 is 15.2 Å². The summed E-state index contributed by atoms with van der Waals surface area (Å²) in [6.45, 7) is 0.206. The highest BCUT2D eigenvalue weighted by molar-refractivity contribution is 5.97. The molecule has 1 atom stereocenters. The van der Waals surface area contributed by atoms with Gasteiger partial charge in [-0.05, 0) is 65.3 Å². The molecule has 3 aromatic rings. The van der Waals surface area contributed by atoms with E-state index in [1.807, 2.05) is 24.3 Å². The summed E-state index contributed by atoms with van der Waals surface area (Å²) in [6.07, 6.45) is 1.03. The van der Waals surface area contributed by atoms with E-state index in [0.717, 1.165) is 35.1 Å². The van der Waals surface area contributed by atoms with Gasteiger partial charge in [0.05, 0.1) is 0 Å². The van der Waals surface area contributed by atoms with Gasteiger partial charge in [0.15, 0.2) is 0 Å². The van der Waals surface area contributed by atoms with Gasteiger partial charge in [-0.25, -0.2) is 9.59 Å². The molecule has 34 heavy (non-hydrogen) atoms. The van der Waals surface area contributed by atoms with Crippen molar-refractivity contribution >= 4 is 23.7 Å². The highest BCUT2D eigenvalue weighted by Crippen LogP contribution is 2.44. The molecule has 2 amide bonds. The van der Waals surface area contributed by atoms with Crippen LogP contribution in [0.1, 0.15) is 40.2 Å². The van der Waals surface area contributed by atoms with Crippen LogP contribution in [0.5, 0.6) is 0 Å². The van der Waals surface area contributed by atoms with Gasteiger partial charge in [0.2, 0.25) is 0 Å². The first-order chi connectivity index (χ1) is 16.5. The molecule has 7 heteroatoms. The van der Waals surface area contributed by atoms with E-state index in [-0.39, 0.29) is 18.4 Å². The Labute approximate surface area is 196 Å². The van der Waals surface area contributed by atoms with E-state index < -0.39 is 24.0 Å². The number of rotatable bonds is 7. The fourth-order valence-corrected chi connectivity index (χ4v) is 4.49. The first kappa shape index (κ1) is 21.7. The first-order valence-electron chi connectivity index (χ1n) is 11.3. The van der Waals surface area contributed by atoms with Crippen LogP contribution in [0.4, 0.5) is 10.5 Å². The predicted molar refractivity (Wildman–Crippen MR) is 127 cm³/mol. The minimum atomic E-state index is -1.02. The fraction of sp³-hybridized carbons (Fsp3) is 0.222. The number of benzene rings is 3. The molecule has 5 rings (SSSR count). The SMILES string of the molecule is O=C(Nc1ccc(C(=O)NC(C(=O)O)C2CC2)cc1)OCC1c2ccccc2-c2ccccc21. The number of carbonyl (C=O) groups excluding carboxylic acids is 2. The molecule has 0 aromatic heterocycles. The molecule has 0 radical (unpaired) electrons. The second-order valence-corrected chi connectivity index (χ2v) is 8.65. The van der Waals surface area contributed by atoms with Crippen molar-refractivity contribution in [1.82, 2.24) is 5.32 Å². The van der Waals surface area contributed by atoms with E-state index in [1.54, 1.807) is 24.3 Å². The van der Waals surface area contributed by atoms with Crippen molar-refractivity contribution in [3.63, 3.8) is 0 Å². The zero-order chi connectivity index (χ0) is 23.7. The predicted octanol–water partition coefficient (Wildman–Crippen LogP) is 4.64. The number of hydrogen-bond donors (Lipinski definition) is 3. The van der Waals surface area contributed by atoms with Crippen LogP contribution in [-0.4, -0.2) is 35.7 Å². The van der Waals surface area contributed by atoms with Crippen molar-refractivity contribution in [3.8, 4) is 11.1 Å². The lowest BCUT2D eigenvalue weighted by Crippen LogP contribution is -2.42. The number of hydrogen-bond acceptors (Lipinski definition) is 4. The molecule has 3 N–H and O–H groups in total. The number of ether oxygens (including phenoxy) is 1. The van der Waals surface area contributed by atoms with Crippen LogP contribution < -0.4 is 10.6 Å². The van der Waals surface area contributed by atoms with Crippen LogP contribution in [0.25, 0.3) is 11.1 Å². The monoisotopic (exact) mass is 456 g/mol. The average Bonchev–Trinajstić information content (AvgIpc) is 3.63. The van der Waals surface area contributed by atoms with E-state index in [0.29, 0.717) is 11.3 Å². The van der Waals surface area contributed by atoms with Crippen molar-refractivity contribution in [1.29, 1.82) is 0 Å². The van der Waals surface area contributed by atoms with Crippen LogP contribution in [0, 0.1) is 5.92 Å². The second-order valence-electron chi connectivity index (χ2n) is 8.65. The summed E-state index contributed by atoms with van der Waals surface area (Å²) < 4.78 is 5.54. The summed E-state index contributed by atoms with van der Waals surface area (Å²) in [5, 5.41) is 14.5. The molecule has 0 bridgehead atoms. The normalized spacial score (nSPS) is 15.1. The van der Waals surface area contributed by atoms with E-state index >= 15 is 0 Å². The van der Waals surface area contributed by atoms with Crippen LogP contribution in [0.3, 0.4) is 0 Å². The molecule has 1 fully saturated rings. The van der Waals surface area contributed by atoms with E-state index in [1.165, 1.54) is 0 Å². The maximum atomic E-state index is 12.4. The lowest BCUT2D eigenvalue weighted by Gasteiger charge is -2.15. The molecule has 2 aliphatic rings. The fourth-order valence-electron chi connectivity index (χ4n) is 4.49. The number of carboxylic acids is 1. The maximum Gasteiger partial charge on any atom is 0.411 e. The standard InChI is InChI=1S/C27H24N2O5/c30-25(29-24(26(31)32)16-9-10-16)17-11-13-18(14-12-17)28-27(33)34-15-23-21-7-3-1-5-19(21)20-6-2-4-8-22(20)23/h1-8,11-14,16,23-24H,9-10,15H2,(H,28,33)(H,29,30)(H,31,32). The van der Waals surface area contributed by atoms with Gasteiger partial charge in [-0.3, -0.25) is 10.1 Å². The molecule has 7 nitrogen and oxygen atoms in total. The molecular weight excluding hydrogens is 432 g/mol. The van der Waals surface area contributed by atoms with Gasteiger partial charge in [-0.2, -0.15) is 0 Å². The minimum absolute atomic E-state index is 0.00374. The van der Waals surface area contributed by atoms with Crippen LogP contribution in [0.2, 0.25) is 0 Å². The van der Waals surface area contributed by atoms with Crippen molar-refractivity contribution in [2.24, 2.45) is 5.92 Å². The van der Waals surface area contributed by atoms with Gasteiger partial charge >= 0.3 is 12.1 Å². The highest BCUT2D eigenvalue weighted by Gasteiger charge is 2.37. The average molecular weight is 456 g/mol. The Balaban J connectivity index is 1.19. The number of fused-ring (bicyclic) bond motifs is 3. The largest absolute Gasteiger partial charge is 0.480 e. The lowest BCUT2D eigenvalue weighted by molar-refractivity contribution is -0.139. The number of carbonyl (C=O) groups is 3. The van der Waals surface area contributed by atoms with E-state index in [4.69, 9.17) is 4.74 Å². The first-order valence-corrected chi connectivity index (χ1v) is 11.3. The Morgan fingerprint density at radius 3 is 2.03 bits per heavy atom. The Hall–Kier alpha value is -4.13. The third-order valence-electron chi connectivity index (χ3n) is 6.38. The number of anilines is 1. The molecule has 172 valence electrons. The molecule has 1 unspecified atom stereocenters. The third-order valence-corrected chi connectivity index (χ3v) is 6.38. The van der Waals surface area contributed by atoms with Crippen LogP contribution in [-0.2, 0) is 9.53 Å². The van der Waals surface area contributed by atoms with Gasteiger partial charge in [0.25, 0.3) is 5.91 Å². The number of nitrogens with one attached hydrogen (secondary N) is 2. The Morgan fingerprint density at radius 1 is 0.882 bits per heavy atom. The van der Waals surface area contributed by atoms with Gasteiger partial charge in [-0.15, -0.1) is 0 Å². The summed E-state index contributed by atoms with van der Waals surface area (Å²) in [4.78, 5) is 36.2. The molecule has 0 saturated heterocycles. The smallest absolute Gasteiger partial charge is 0.411 e. The summed E-state index contributed by atoms with van der Waals surface area (Å²) in [7, 11) is 0. The molecule has 2 aliphatic carbocycles. The Morgan fingerprint density at radius 2 is 1.47 bits per heavy atom. The summed E-state index contributed by atoms with van der Waals surface area (Å²) in [6, 6.07) is 21.6. The minimum Gasteiger partial charge on any atom is -0.480 e. The molecule has 0 heterocycles. The Bertz CT molecular complexity index is 1200. The number of aliphatic carboxylic acids is 1. The van der Waals surface area contributed by atoms with Crippen molar-refractivity contribution < 1.29 is 24.2 Å². The zero-order valence-electron chi connectivity index (χ0n) is 18.4. The van der Waals surface area contributed by atoms with Gasteiger partial charge in [-0.1, -0.05) is 48.5 Å². The van der Waals surface area contributed by atoms with Gasteiger partial charge in [0.1, 0.15) is 12.6 Å². The summed E-state index contributed by atoms with van der Waals surface area (Å²) in [5.74, 6) is -1.51. The third kappa shape index (κ3) is 4.37. The second kappa shape index (κ2) is 9.02. The molecular formula is C27H24N2O5. The number of amides is 2. The van der Waals surface area contributed by atoms with Crippen LogP contribution in [0.15, 0.2) is 72.8 Å². The Kier molecular flexibility index (Phi) is 5.76. The molecule has 3 aromatic carbocycles. The number of carboxylic acid groups (broad SMARTS) is 1. The van der Waals surface area contributed by atoms with Crippen molar-refractivity contribution in [2.45, 2.75) is 24.8 Å². The van der Waals surface area contributed by atoms with E-state index in [9.17, 15) is 19.5 Å². The van der Waals surface area contributed by atoms with Crippen LogP contribution >= 0.6 is 0 Å². The summed E-state index contributed by atoms with van der Waals surface area (Å²) in [5.41, 5.74) is 5.40. The van der Waals surface area contributed by atoms with Gasteiger partial charge in [0, 0.05) is 17.2 Å². The zero-order valence-corrected chi connectivity index (χ0v) is 18.4.